The van der Waals surface area contributed by atoms with Crippen LogP contribution in [0.5, 0.6) is 0 Å². The van der Waals surface area contributed by atoms with Gasteiger partial charge in [0.2, 0.25) is 5.89 Å². The number of oxazole rings is 1. The highest BCUT2D eigenvalue weighted by Gasteiger charge is 2.14. The Morgan fingerprint density at radius 2 is 2.64 bits per heavy atom. The molecule has 3 nitrogen and oxygen atoms in total. The second-order valence-corrected chi connectivity index (χ2v) is 4.87. The number of rotatable bonds is 4. The highest BCUT2D eigenvalue weighted by Crippen LogP contribution is 2.22. The molecule has 2 heterocycles. The number of thioether (sulfide) groups is 1. The van der Waals surface area contributed by atoms with Gasteiger partial charge in [-0.1, -0.05) is 0 Å². The zero-order chi connectivity index (χ0) is 9.80. The van der Waals surface area contributed by atoms with E-state index in [0.29, 0.717) is 0 Å². The fraction of sp³-hybridized carbons (Fsp3) is 0.700. The minimum Gasteiger partial charge on any atom is -0.445 e. The van der Waals surface area contributed by atoms with Gasteiger partial charge in [0, 0.05) is 0 Å². The third-order valence-electron chi connectivity index (χ3n) is 2.40. The third kappa shape index (κ3) is 2.75. The van der Waals surface area contributed by atoms with E-state index in [1.807, 2.05) is 6.92 Å². The number of aromatic nitrogens is 1. The number of hydrogen-bond acceptors (Lipinski definition) is 4. The first-order chi connectivity index (χ1) is 6.84. The summed E-state index contributed by atoms with van der Waals surface area (Å²) in [6, 6.07) is 0. The molecule has 14 heavy (non-hydrogen) atoms. The summed E-state index contributed by atoms with van der Waals surface area (Å²) in [5.74, 6) is 5.16. The molecule has 1 N–H and O–H groups in total. The van der Waals surface area contributed by atoms with Gasteiger partial charge in [0.15, 0.2) is 0 Å². The number of aryl methyl sites for hydroxylation is 1. The summed E-state index contributed by atoms with van der Waals surface area (Å²) in [6.45, 7) is 3.77. The number of hydrogen-bond donors (Lipinski definition) is 1. The Morgan fingerprint density at radius 3 is 3.29 bits per heavy atom. The molecule has 1 unspecified atom stereocenters. The van der Waals surface area contributed by atoms with Crippen LogP contribution in [0.4, 0.5) is 0 Å². The second kappa shape index (κ2) is 4.84. The Bertz CT molecular complexity index is 281. The normalized spacial score (nSPS) is 21.6. The van der Waals surface area contributed by atoms with Gasteiger partial charge in [-0.15, -0.1) is 0 Å². The van der Waals surface area contributed by atoms with E-state index in [0.717, 1.165) is 30.7 Å². The van der Waals surface area contributed by atoms with E-state index in [4.69, 9.17) is 4.42 Å². The molecule has 1 aromatic heterocycles. The molecule has 0 spiro atoms. The maximum Gasteiger partial charge on any atom is 0.208 e. The Hall–Kier alpha value is -0.480. The Labute approximate surface area is 88.7 Å². The first-order valence-corrected chi connectivity index (χ1v) is 6.20. The predicted molar refractivity (Wildman–Crippen MR) is 58.4 cm³/mol. The summed E-state index contributed by atoms with van der Waals surface area (Å²) in [5, 5.41) is 3.39. The van der Waals surface area contributed by atoms with Gasteiger partial charge in [0.1, 0.15) is 5.76 Å². The Morgan fingerprint density at radius 1 is 1.71 bits per heavy atom. The summed E-state index contributed by atoms with van der Waals surface area (Å²) in [7, 11) is 0. The molecule has 1 atom stereocenters. The summed E-state index contributed by atoms with van der Waals surface area (Å²) in [5.41, 5.74) is 0. The standard InChI is InChI=1S/C10H16N2OS/c1-8-4-12-10(13-8)6-11-5-9-2-3-14-7-9/h4,9,11H,2-3,5-7H2,1H3. The predicted octanol–water partition coefficient (Wildman–Crippen LogP) is 1.83. The van der Waals surface area contributed by atoms with Gasteiger partial charge >= 0.3 is 0 Å². The van der Waals surface area contributed by atoms with Gasteiger partial charge in [-0.05, 0) is 37.3 Å². The fourth-order valence-corrected chi connectivity index (χ4v) is 2.90. The molecule has 0 bridgehead atoms. The van der Waals surface area contributed by atoms with Crippen molar-refractivity contribution < 1.29 is 4.42 Å². The van der Waals surface area contributed by atoms with Crippen LogP contribution < -0.4 is 5.32 Å². The van der Waals surface area contributed by atoms with Crippen molar-refractivity contribution in [3.8, 4) is 0 Å². The van der Waals surface area contributed by atoms with Crippen molar-refractivity contribution in [2.45, 2.75) is 19.9 Å². The van der Waals surface area contributed by atoms with Crippen LogP contribution >= 0.6 is 11.8 Å². The molecule has 1 aliphatic heterocycles. The van der Waals surface area contributed by atoms with Gasteiger partial charge in [0.05, 0.1) is 12.7 Å². The molecular formula is C10H16N2OS. The average molecular weight is 212 g/mol. The molecule has 0 aromatic carbocycles. The van der Waals surface area contributed by atoms with Crippen LogP contribution in [0.3, 0.4) is 0 Å². The molecule has 78 valence electrons. The van der Waals surface area contributed by atoms with Crippen molar-refractivity contribution in [3.63, 3.8) is 0 Å². The smallest absolute Gasteiger partial charge is 0.208 e. The van der Waals surface area contributed by atoms with Crippen molar-refractivity contribution in [2.75, 3.05) is 18.1 Å². The fourth-order valence-electron chi connectivity index (χ4n) is 1.61. The first kappa shape index (κ1) is 10.1. The van der Waals surface area contributed by atoms with Crippen molar-refractivity contribution in [1.29, 1.82) is 0 Å². The lowest BCUT2D eigenvalue weighted by molar-refractivity contribution is 0.432. The minimum absolute atomic E-state index is 0.759. The third-order valence-corrected chi connectivity index (χ3v) is 3.63. The highest BCUT2D eigenvalue weighted by atomic mass is 32.2. The summed E-state index contributed by atoms with van der Waals surface area (Å²) < 4.78 is 5.37. The van der Waals surface area contributed by atoms with Crippen molar-refractivity contribution >= 4 is 11.8 Å². The largest absolute Gasteiger partial charge is 0.445 e. The van der Waals surface area contributed by atoms with E-state index in [-0.39, 0.29) is 0 Å². The summed E-state index contributed by atoms with van der Waals surface area (Å²) >= 11 is 2.05. The van der Waals surface area contributed by atoms with Crippen LogP contribution in [-0.4, -0.2) is 23.0 Å². The lowest BCUT2D eigenvalue weighted by atomic mass is 10.1. The monoisotopic (exact) mass is 212 g/mol. The molecule has 0 saturated carbocycles. The summed E-state index contributed by atoms with van der Waals surface area (Å²) in [4.78, 5) is 4.15. The average Bonchev–Trinajstić information content (AvgIpc) is 2.77. The number of nitrogens with one attached hydrogen (secondary N) is 1. The topological polar surface area (TPSA) is 38.1 Å². The summed E-state index contributed by atoms with van der Waals surface area (Å²) in [6.07, 6.45) is 3.12. The zero-order valence-electron chi connectivity index (χ0n) is 8.45. The molecule has 0 aliphatic carbocycles. The lowest BCUT2D eigenvalue weighted by Crippen LogP contribution is -2.22. The molecular weight excluding hydrogens is 196 g/mol. The van der Waals surface area contributed by atoms with Crippen LogP contribution in [0, 0.1) is 12.8 Å². The van der Waals surface area contributed by atoms with Gasteiger partial charge in [-0.25, -0.2) is 4.98 Å². The van der Waals surface area contributed by atoms with Crippen LogP contribution in [-0.2, 0) is 6.54 Å². The van der Waals surface area contributed by atoms with E-state index in [1.54, 1.807) is 6.20 Å². The molecule has 1 aromatic rings. The Balaban J connectivity index is 1.67. The molecule has 1 aliphatic rings. The molecule has 1 saturated heterocycles. The highest BCUT2D eigenvalue weighted by molar-refractivity contribution is 7.99. The van der Waals surface area contributed by atoms with E-state index in [2.05, 4.69) is 22.1 Å². The number of nitrogens with zero attached hydrogens (tertiary/aromatic N) is 1. The Kier molecular flexibility index (Phi) is 3.48. The lowest BCUT2D eigenvalue weighted by Gasteiger charge is -2.07. The maximum absolute atomic E-state index is 5.37. The van der Waals surface area contributed by atoms with Gasteiger partial charge in [0.25, 0.3) is 0 Å². The van der Waals surface area contributed by atoms with Gasteiger partial charge < -0.3 is 9.73 Å². The van der Waals surface area contributed by atoms with Crippen LogP contribution in [0.15, 0.2) is 10.6 Å². The van der Waals surface area contributed by atoms with Crippen molar-refractivity contribution in [1.82, 2.24) is 10.3 Å². The molecule has 1 fully saturated rings. The van der Waals surface area contributed by atoms with Crippen LogP contribution in [0.2, 0.25) is 0 Å². The van der Waals surface area contributed by atoms with E-state index < -0.39 is 0 Å². The molecule has 2 rings (SSSR count). The van der Waals surface area contributed by atoms with E-state index in [9.17, 15) is 0 Å². The van der Waals surface area contributed by atoms with E-state index in [1.165, 1.54) is 17.9 Å². The minimum atomic E-state index is 0.759. The second-order valence-electron chi connectivity index (χ2n) is 3.73. The zero-order valence-corrected chi connectivity index (χ0v) is 9.27. The quantitative estimate of drug-likeness (QED) is 0.826. The van der Waals surface area contributed by atoms with Crippen molar-refractivity contribution in [3.05, 3.63) is 17.8 Å². The van der Waals surface area contributed by atoms with Gasteiger partial charge in [-0.3, -0.25) is 0 Å². The molecule has 4 heteroatoms. The SMILES string of the molecule is Cc1cnc(CNCC2CCSC2)o1. The first-order valence-electron chi connectivity index (χ1n) is 5.04. The van der Waals surface area contributed by atoms with Gasteiger partial charge in [-0.2, -0.15) is 11.8 Å². The maximum atomic E-state index is 5.37. The van der Waals surface area contributed by atoms with Crippen molar-refractivity contribution in [2.24, 2.45) is 5.92 Å². The van der Waals surface area contributed by atoms with Crippen LogP contribution in [0.1, 0.15) is 18.1 Å². The molecule has 0 radical (unpaired) electrons. The van der Waals surface area contributed by atoms with E-state index >= 15 is 0 Å². The molecule has 0 amide bonds. The van der Waals surface area contributed by atoms with Crippen LogP contribution in [0.25, 0.3) is 0 Å².